The van der Waals surface area contributed by atoms with Crippen molar-refractivity contribution in [2.75, 3.05) is 6.61 Å². The maximum absolute atomic E-state index is 5.31. The Morgan fingerprint density at radius 3 is 2.73 bits per heavy atom. The van der Waals surface area contributed by atoms with Gasteiger partial charge in [0.25, 0.3) is 0 Å². The minimum absolute atomic E-state index is 0.559. The smallest absolute Gasteiger partial charge is 0.0705 e. The Kier molecular flexibility index (Phi) is 5.29. The van der Waals surface area contributed by atoms with Crippen LogP contribution in [0.4, 0.5) is 0 Å². The van der Waals surface area contributed by atoms with Crippen LogP contribution in [0.2, 0.25) is 0 Å². The van der Waals surface area contributed by atoms with Crippen LogP contribution in [0.15, 0.2) is 22.7 Å². The summed E-state index contributed by atoms with van der Waals surface area (Å²) in [4.78, 5) is 5.31. The van der Waals surface area contributed by atoms with E-state index < -0.39 is 0 Å². The number of halogens is 1. The Labute approximate surface area is 100 Å². The molecule has 0 aliphatic carbocycles. The van der Waals surface area contributed by atoms with E-state index in [4.69, 9.17) is 4.84 Å². The molecule has 0 saturated heterocycles. The van der Waals surface area contributed by atoms with Crippen LogP contribution in [-0.2, 0) is 11.4 Å². The van der Waals surface area contributed by atoms with Crippen LogP contribution in [0.25, 0.3) is 0 Å². The van der Waals surface area contributed by atoms with Crippen molar-refractivity contribution in [3.8, 4) is 0 Å². The number of aryl methyl sites for hydroxylation is 1. The largest absolute Gasteiger partial charge is 0.301 e. The number of hydrogen-bond donors (Lipinski definition) is 1. The van der Waals surface area contributed by atoms with Crippen LogP contribution in [0.3, 0.4) is 0 Å². The van der Waals surface area contributed by atoms with Gasteiger partial charge in [0, 0.05) is 11.0 Å². The quantitative estimate of drug-likeness (QED) is 0.655. The third-order valence-electron chi connectivity index (χ3n) is 2.02. The summed E-state index contributed by atoms with van der Waals surface area (Å²) in [5.41, 5.74) is 5.45. The highest BCUT2D eigenvalue weighted by molar-refractivity contribution is 9.10. The zero-order valence-electron chi connectivity index (χ0n) is 9.51. The SMILES string of the molecule is Cc1cc(CNOCC(C)C)ccc1Br. The summed E-state index contributed by atoms with van der Waals surface area (Å²) in [6, 6.07) is 6.30. The van der Waals surface area contributed by atoms with E-state index in [9.17, 15) is 0 Å². The Morgan fingerprint density at radius 2 is 2.13 bits per heavy atom. The summed E-state index contributed by atoms with van der Waals surface area (Å²) in [5, 5.41) is 0. The van der Waals surface area contributed by atoms with Gasteiger partial charge in [-0.2, -0.15) is 5.48 Å². The van der Waals surface area contributed by atoms with Gasteiger partial charge in [0.15, 0.2) is 0 Å². The summed E-state index contributed by atoms with van der Waals surface area (Å²) in [6.07, 6.45) is 0. The van der Waals surface area contributed by atoms with Crippen LogP contribution in [0, 0.1) is 12.8 Å². The van der Waals surface area contributed by atoms with Crippen molar-refractivity contribution >= 4 is 15.9 Å². The normalized spacial score (nSPS) is 11.0. The lowest BCUT2D eigenvalue weighted by Gasteiger charge is -2.08. The molecule has 0 atom stereocenters. The molecule has 0 spiro atoms. The zero-order chi connectivity index (χ0) is 11.3. The second kappa shape index (κ2) is 6.26. The average Bonchev–Trinajstić information content (AvgIpc) is 2.18. The molecule has 0 aromatic heterocycles. The highest BCUT2D eigenvalue weighted by Gasteiger charge is 1.98. The van der Waals surface area contributed by atoms with Gasteiger partial charge in [-0.05, 0) is 30.0 Å². The lowest BCUT2D eigenvalue weighted by Crippen LogP contribution is -2.17. The summed E-state index contributed by atoms with van der Waals surface area (Å²) >= 11 is 3.48. The van der Waals surface area contributed by atoms with Gasteiger partial charge in [0.05, 0.1) is 6.61 Å². The molecule has 0 unspecified atom stereocenters. The van der Waals surface area contributed by atoms with Gasteiger partial charge in [-0.1, -0.05) is 41.9 Å². The second-order valence-electron chi connectivity index (χ2n) is 4.11. The first kappa shape index (κ1) is 12.7. The molecular weight excluding hydrogens is 254 g/mol. The van der Waals surface area contributed by atoms with E-state index in [0.717, 1.165) is 17.6 Å². The van der Waals surface area contributed by atoms with E-state index in [2.05, 4.69) is 60.4 Å². The van der Waals surface area contributed by atoms with Crippen molar-refractivity contribution in [3.05, 3.63) is 33.8 Å². The van der Waals surface area contributed by atoms with E-state index >= 15 is 0 Å². The monoisotopic (exact) mass is 271 g/mol. The van der Waals surface area contributed by atoms with Crippen molar-refractivity contribution in [3.63, 3.8) is 0 Å². The van der Waals surface area contributed by atoms with Crippen molar-refractivity contribution in [1.82, 2.24) is 5.48 Å². The third kappa shape index (κ3) is 4.78. The van der Waals surface area contributed by atoms with Gasteiger partial charge in [-0.15, -0.1) is 0 Å². The maximum Gasteiger partial charge on any atom is 0.0705 e. The average molecular weight is 272 g/mol. The van der Waals surface area contributed by atoms with E-state index in [1.807, 2.05) is 0 Å². The van der Waals surface area contributed by atoms with Crippen LogP contribution in [-0.4, -0.2) is 6.61 Å². The molecule has 3 heteroatoms. The fourth-order valence-electron chi connectivity index (χ4n) is 1.18. The van der Waals surface area contributed by atoms with Crippen molar-refractivity contribution in [1.29, 1.82) is 0 Å². The van der Waals surface area contributed by atoms with Gasteiger partial charge < -0.3 is 4.84 Å². The molecule has 0 radical (unpaired) electrons. The fraction of sp³-hybridized carbons (Fsp3) is 0.500. The molecule has 1 aromatic rings. The first-order valence-corrected chi connectivity index (χ1v) is 5.98. The lowest BCUT2D eigenvalue weighted by atomic mass is 10.1. The van der Waals surface area contributed by atoms with E-state index in [1.165, 1.54) is 11.1 Å². The van der Waals surface area contributed by atoms with Gasteiger partial charge >= 0.3 is 0 Å². The first-order chi connectivity index (χ1) is 7.09. The minimum Gasteiger partial charge on any atom is -0.301 e. The van der Waals surface area contributed by atoms with Crippen LogP contribution in [0.5, 0.6) is 0 Å². The summed E-state index contributed by atoms with van der Waals surface area (Å²) in [5.74, 6) is 0.559. The molecule has 15 heavy (non-hydrogen) atoms. The molecule has 0 aliphatic rings. The van der Waals surface area contributed by atoms with Gasteiger partial charge in [0.2, 0.25) is 0 Å². The fourth-order valence-corrected chi connectivity index (χ4v) is 1.42. The number of rotatable bonds is 5. The van der Waals surface area contributed by atoms with Crippen LogP contribution < -0.4 is 5.48 Å². The topological polar surface area (TPSA) is 21.3 Å². The molecule has 0 aliphatic heterocycles. The molecule has 2 nitrogen and oxygen atoms in total. The van der Waals surface area contributed by atoms with Crippen LogP contribution in [0.1, 0.15) is 25.0 Å². The molecule has 0 bridgehead atoms. The summed E-state index contributed by atoms with van der Waals surface area (Å²) in [7, 11) is 0. The molecule has 0 fully saturated rings. The number of benzene rings is 1. The minimum atomic E-state index is 0.559. The summed E-state index contributed by atoms with van der Waals surface area (Å²) in [6.45, 7) is 7.84. The highest BCUT2D eigenvalue weighted by atomic mass is 79.9. The van der Waals surface area contributed by atoms with Gasteiger partial charge in [-0.3, -0.25) is 0 Å². The van der Waals surface area contributed by atoms with E-state index in [1.54, 1.807) is 0 Å². The Balaban J connectivity index is 2.35. The first-order valence-electron chi connectivity index (χ1n) is 5.19. The molecule has 1 rings (SSSR count). The maximum atomic E-state index is 5.31. The van der Waals surface area contributed by atoms with E-state index in [-0.39, 0.29) is 0 Å². The Hall–Kier alpha value is -0.380. The van der Waals surface area contributed by atoms with Crippen molar-refractivity contribution in [2.24, 2.45) is 5.92 Å². The third-order valence-corrected chi connectivity index (χ3v) is 2.91. The molecule has 0 saturated carbocycles. The highest BCUT2D eigenvalue weighted by Crippen LogP contribution is 2.16. The number of nitrogens with one attached hydrogen (secondary N) is 1. The molecule has 1 N–H and O–H groups in total. The van der Waals surface area contributed by atoms with E-state index in [0.29, 0.717) is 5.92 Å². The molecule has 1 aromatic carbocycles. The number of hydroxylamine groups is 1. The van der Waals surface area contributed by atoms with Gasteiger partial charge in [0.1, 0.15) is 0 Å². The second-order valence-corrected chi connectivity index (χ2v) is 4.96. The molecular formula is C12H18BrNO. The Morgan fingerprint density at radius 1 is 1.40 bits per heavy atom. The zero-order valence-corrected chi connectivity index (χ0v) is 11.1. The molecule has 0 amide bonds. The van der Waals surface area contributed by atoms with Crippen molar-refractivity contribution < 1.29 is 4.84 Å². The predicted molar refractivity (Wildman–Crippen MR) is 66.5 cm³/mol. The van der Waals surface area contributed by atoms with Gasteiger partial charge in [-0.25, -0.2) is 0 Å². The molecule has 84 valence electrons. The van der Waals surface area contributed by atoms with Crippen molar-refractivity contribution in [2.45, 2.75) is 27.3 Å². The standard InChI is InChI=1S/C12H18BrNO/c1-9(2)8-15-14-7-11-4-5-12(13)10(3)6-11/h4-6,9,14H,7-8H2,1-3H3. The Bertz CT molecular complexity index is 312. The van der Waals surface area contributed by atoms with Crippen LogP contribution >= 0.6 is 15.9 Å². The molecule has 0 heterocycles. The lowest BCUT2D eigenvalue weighted by molar-refractivity contribution is 0.0196. The predicted octanol–water partition coefficient (Wildman–Crippen LogP) is 3.43. The number of hydrogen-bond acceptors (Lipinski definition) is 2. The summed E-state index contributed by atoms with van der Waals surface area (Å²) < 4.78 is 1.15.